The van der Waals surface area contributed by atoms with E-state index < -0.39 is 53.5 Å². The van der Waals surface area contributed by atoms with Crippen molar-refractivity contribution in [2.75, 3.05) is 0 Å². The van der Waals surface area contributed by atoms with Crippen LogP contribution in [0.15, 0.2) is 36.0 Å². The van der Waals surface area contributed by atoms with Gasteiger partial charge in [-0.3, -0.25) is 23.9 Å². The van der Waals surface area contributed by atoms with Gasteiger partial charge in [0.2, 0.25) is 12.6 Å². The van der Waals surface area contributed by atoms with E-state index in [1.807, 2.05) is 20.8 Å². The molecule has 0 N–H and O–H groups in total. The summed E-state index contributed by atoms with van der Waals surface area (Å²) in [6, 6.07) is 0. The predicted octanol–water partition coefficient (Wildman–Crippen LogP) is 5.19. The standard InChI is InChI=1S/C31H44O9/c1-10-17(3)12-13-30(9)19(5)14-26(36-20(6)32)31-24(28(37-21(7)33)40-29(31)38-22(8)34)15-23(16-25(30)31)39-27(35)18(4)11-2/h10,12,15,18-19,23,25-26,28-29H,1,11,13-14,16H2,2-9H3/b17-12+/t18-,19+,23-,25-,26-,28-,29+,30+,31+/m1/s1. The minimum absolute atomic E-state index is 0.0392. The lowest BCUT2D eigenvalue weighted by Crippen LogP contribution is -2.64. The van der Waals surface area contributed by atoms with Crippen LogP contribution in [-0.2, 0) is 42.9 Å². The highest BCUT2D eigenvalue weighted by Gasteiger charge is 2.72. The Hall–Kier alpha value is -2.94. The maximum atomic E-state index is 12.9. The Balaban J connectivity index is 2.30. The van der Waals surface area contributed by atoms with Crippen LogP contribution in [0, 0.1) is 28.6 Å². The number of ether oxygens (including phenoxy) is 5. The van der Waals surface area contributed by atoms with E-state index in [1.165, 1.54) is 20.8 Å². The Labute approximate surface area is 237 Å². The summed E-state index contributed by atoms with van der Waals surface area (Å²) in [5.41, 5.74) is -0.128. The van der Waals surface area contributed by atoms with Crippen LogP contribution >= 0.6 is 0 Å². The van der Waals surface area contributed by atoms with E-state index >= 15 is 0 Å². The Bertz CT molecular complexity index is 1090. The normalized spacial score (nSPS) is 35.8. The summed E-state index contributed by atoms with van der Waals surface area (Å²) in [5, 5.41) is 0. The minimum Gasteiger partial charge on any atom is -0.461 e. The third-order valence-electron chi connectivity index (χ3n) is 9.15. The first-order chi connectivity index (χ1) is 18.7. The van der Waals surface area contributed by atoms with Gasteiger partial charge in [0.15, 0.2) is 0 Å². The molecule has 0 radical (unpaired) electrons. The van der Waals surface area contributed by atoms with Crippen molar-refractivity contribution in [3.05, 3.63) is 36.0 Å². The molecule has 0 aromatic carbocycles. The summed E-state index contributed by atoms with van der Waals surface area (Å²) in [6.07, 6.45) is 3.92. The van der Waals surface area contributed by atoms with Gasteiger partial charge in [0.25, 0.3) is 0 Å². The van der Waals surface area contributed by atoms with Crippen LogP contribution in [0.5, 0.6) is 0 Å². The first-order valence-corrected chi connectivity index (χ1v) is 14.1. The summed E-state index contributed by atoms with van der Waals surface area (Å²) in [4.78, 5) is 49.9. The van der Waals surface area contributed by atoms with Gasteiger partial charge in [0, 0.05) is 26.3 Å². The van der Waals surface area contributed by atoms with Crippen LogP contribution < -0.4 is 0 Å². The number of esters is 4. The molecule has 9 atom stereocenters. The second-order valence-electron chi connectivity index (χ2n) is 11.7. The molecule has 2 fully saturated rings. The second-order valence-corrected chi connectivity index (χ2v) is 11.7. The zero-order valence-corrected chi connectivity index (χ0v) is 25.0. The average molecular weight is 561 g/mol. The number of hydrogen-bond acceptors (Lipinski definition) is 9. The zero-order valence-electron chi connectivity index (χ0n) is 25.0. The highest BCUT2D eigenvalue weighted by atomic mass is 16.8. The van der Waals surface area contributed by atoms with Gasteiger partial charge in [0.1, 0.15) is 17.6 Å². The minimum atomic E-state index is -1.21. The number of rotatable bonds is 9. The summed E-state index contributed by atoms with van der Waals surface area (Å²) in [7, 11) is 0. The molecule has 0 amide bonds. The molecular weight excluding hydrogens is 516 g/mol. The monoisotopic (exact) mass is 560 g/mol. The highest BCUT2D eigenvalue weighted by Crippen LogP contribution is 2.67. The van der Waals surface area contributed by atoms with Crippen LogP contribution in [0.1, 0.15) is 81.1 Å². The molecule has 0 bridgehead atoms. The van der Waals surface area contributed by atoms with Crippen LogP contribution in [-0.4, -0.2) is 48.7 Å². The molecule has 1 saturated heterocycles. The van der Waals surface area contributed by atoms with Gasteiger partial charge in [-0.05, 0) is 55.9 Å². The van der Waals surface area contributed by atoms with Crippen molar-refractivity contribution < 1.29 is 42.9 Å². The van der Waals surface area contributed by atoms with E-state index in [9.17, 15) is 19.2 Å². The number of hydrogen-bond donors (Lipinski definition) is 0. The molecule has 2 aliphatic carbocycles. The van der Waals surface area contributed by atoms with Crippen molar-refractivity contribution in [2.24, 2.45) is 28.6 Å². The van der Waals surface area contributed by atoms with Crippen molar-refractivity contribution in [3.63, 3.8) is 0 Å². The van der Waals surface area contributed by atoms with E-state index in [4.69, 9.17) is 23.7 Å². The molecule has 222 valence electrons. The fraction of sp³-hybridized carbons (Fsp3) is 0.677. The largest absolute Gasteiger partial charge is 0.461 e. The fourth-order valence-corrected chi connectivity index (χ4v) is 6.61. The lowest BCUT2D eigenvalue weighted by atomic mass is 9.45. The lowest BCUT2D eigenvalue weighted by Gasteiger charge is -2.60. The molecule has 1 aliphatic heterocycles. The highest BCUT2D eigenvalue weighted by molar-refractivity contribution is 5.72. The Morgan fingerprint density at radius 3 is 2.23 bits per heavy atom. The van der Waals surface area contributed by atoms with Crippen molar-refractivity contribution in [3.8, 4) is 0 Å². The van der Waals surface area contributed by atoms with Crippen LogP contribution in [0.25, 0.3) is 0 Å². The molecule has 1 spiro atoms. The molecule has 40 heavy (non-hydrogen) atoms. The van der Waals surface area contributed by atoms with Gasteiger partial charge in [-0.25, -0.2) is 0 Å². The van der Waals surface area contributed by atoms with Crippen molar-refractivity contribution >= 4 is 23.9 Å². The molecule has 1 saturated carbocycles. The van der Waals surface area contributed by atoms with E-state index in [0.29, 0.717) is 31.3 Å². The summed E-state index contributed by atoms with van der Waals surface area (Å²) in [5.74, 6) is -2.62. The quantitative estimate of drug-likeness (QED) is 0.163. The topological polar surface area (TPSA) is 114 Å². The molecule has 3 aliphatic rings. The molecule has 3 rings (SSSR count). The van der Waals surface area contributed by atoms with Crippen molar-refractivity contribution in [1.29, 1.82) is 0 Å². The van der Waals surface area contributed by atoms with Crippen molar-refractivity contribution in [2.45, 2.75) is 106 Å². The number of carbonyl (C=O) groups excluding carboxylic acids is 4. The molecule has 1 heterocycles. The van der Waals surface area contributed by atoms with Crippen LogP contribution in [0.3, 0.4) is 0 Å². The summed E-state index contributed by atoms with van der Waals surface area (Å²) in [6.45, 7) is 17.7. The lowest BCUT2D eigenvalue weighted by molar-refractivity contribution is -0.257. The molecule has 0 unspecified atom stereocenters. The molecule has 9 nitrogen and oxygen atoms in total. The Kier molecular flexibility index (Phi) is 9.70. The Morgan fingerprint density at radius 1 is 1.05 bits per heavy atom. The van der Waals surface area contributed by atoms with E-state index in [0.717, 1.165) is 5.57 Å². The van der Waals surface area contributed by atoms with E-state index in [-0.39, 0.29) is 23.7 Å². The summed E-state index contributed by atoms with van der Waals surface area (Å²) >= 11 is 0. The third kappa shape index (κ3) is 5.90. The SMILES string of the molecule is C=C/C(C)=C/C[C@]1(C)[C@H]2C[C@H](OC(=O)[C@H](C)CC)C=C3[C@H](OC(C)=O)O[C@H](OC(C)=O)[C@@]32[C@H](OC(C)=O)C[C@@H]1C. The maximum absolute atomic E-state index is 12.9. The third-order valence-corrected chi connectivity index (χ3v) is 9.15. The van der Waals surface area contributed by atoms with E-state index in [2.05, 4.69) is 26.5 Å². The maximum Gasteiger partial charge on any atom is 0.309 e. The van der Waals surface area contributed by atoms with Gasteiger partial charge in [0.05, 0.1) is 5.92 Å². The van der Waals surface area contributed by atoms with Crippen molar-refractivity contribution in [1.82, 2.24) is 0 Å². The average Bonchev–Trinajstić information content (AvgIpc) is 3.16. The van der Waals surface area contributed by atoms with Gasteiger partial charge < -0.3 is 18.9 Å². The zero-order chi connectivity index (χ0) is 30.0. The Morgan fingerprint density at radius 2 is 1.68 bits per heavy atom. The van der Waals surface area contributed by atoms with Gasteiger partial charge in [-0.2, -0.15) is 0 Å². The van der Waals surface area contributed by atoms with Gasteiger partial charge in [-0.15, -0.1) is 0 Å². The smallest absolute Gasteiger partial charge is 0.309 e. The first kappa shape index (κ1) is 31.6. The fourth-order valence-electron chi connectivity index (χ4n) is 6.61. The molecule has 0 aromatic rings. The molecule has 9 heteroatoms. The summed E-state index contributed by atoms with van der Waals surface area (Å²) < 4.78 is 29.5. The predicted molar refractivity (Wildman–Crippen MR) is 146 cm³/mol. The number of carbonyl (C=O) groups is 4. The molecule has 0 aromatic heterocycles. The second kappa shape index (κ2) is 12.3. The van der Waals surface area contributed by atoms with Gasteiger partial charge in [-0.1, -0.05) is 52.0 Å². The van der Waals surface area contributed by atoms with Crippen LogP contribution in [0.4, 0.5) is 0 Å². The number of allylic oxidation sites excluding steroid dienone is 3. The van der Waals surface area contributed by atoms with E-state index in [1.54, 1.807) is 12.2 Å². The first-order valence-electron chi connectivity index (χ1n) is 14.1. The van der Waals surface area contributed by atoms with Crippen LogP contribution in [0.2, 0.25) is 0 Å². The van der Waals surface area contributed by atoms with Gasteiger partial charge >= 0.3 is 23.9 Å². The molecular formula is C31H44O9.